The molecule has 1 aromatic carbocycles. The van der Waals surface area contributed by atoms with Gasteiger partial charge in [-0.25, -0.2) is 0 Å². The molecule has 1 N–H and O–H groups in total. The molecule has 5 heteroatoms. The summed E-state index contributed by atoms with van der Waals surface area (Å²) in [5, 5.41) is 2.91. The molecule has 0 saturated heterocycles. The number of furan rings is 1. The zero-order chi connectivity index (χ0) is 13.9. The summed E-state index contributed by atoms with van der Waals surface area (Å²) in [6.07, 6.45) is -2.47. The lowest BCUT2D eigenvalue weighted by molar-refractivity contribution is -0.138. The topological polar surface area (TPSA) is 25.2 Å². The Morgan fingerprint density at radius 2 is 1.89 bits per heavy atom. The van der Waals surface area contributed by atoms with Crippen molar-refractivity contribution in [3.05, 3.63) is 59.5 Å². The molecule has 0 amide bonds. The minimum Gasteiger partial charge on any atom is -0.469 e. The van der Waals surface area contributed by atoms with Crippen molar-refractivity contribution in [2.24, 2.45) is 0 Å². The Morgan fingerprint density at radius 3 is 2.47 bits per heavy atom. The highest BCUT2D eigenvalue weighted by Crippen LogP contribution is 2.35. The Bertz CT molecular complexity index is 520. The average molecular weight is 269 g/mol. The molecule has 1 atom stereocenters. The number of alkyl halides is 3. The zero-order valence-electron chi connectivity index (χ0n) is 10.4. The van der Waals surface area contributed by atoms with Gasteiger partial charge in [0.1, 0.15) is 5.76 Å². The Balaban J connectivity index is 2.33. The lowest BCUT2D eigenvalue weighted by Crippen LogP contribution is -2.22. The van der Waals surface area contributed by atoms with E-state index in [-0.39, 0.29) is 5.56 Å². The highest BCUT2D eigenvalue weighted by Gasteiger charge is 2.34. The van der Waals surface area contributed by atoms with E-state index in [2.05, 4.69) is 5.32 Å². The molecule has 0 aliphatic heterocycles. The Labute approximate surface area is 109 Å². The maximum atomic E-state index is 13.0. The van der Waals surface area contributed by atoms with Gasteiger partial charge < -0.3 is 9.73 Å². The highest BCUT2D eigenvalue weighted by molar-refractivity contribution is 5.33. The van der Waals surface area contributed by atoms with Crippen LogP contribution in [0.4, 0.5) is 13.2 Å². The van der Waals surface area contributed by atoms with E-state index in [0.29, 0.717) is 12.2 Å². The summed E-state index contributed by atoms with van der Waals surface area (Å²) in [7, 11) is 1.64. The summed E-state index contributed by atoms with van der Waals surface area (Å²) < 4.78 is 44.1. The first-order valence-corrected chi connectivity index (χ1v) is 5.88. The van der Waals surface area contributed by atoms with E-state index in [1.54, 1.807) is 25.2 Å². The van der Waals surface area contributed by atoms with Gasteiger partial charge in [-0.05, 0) is 30.8 Å². The third-order valence-electron chi connectivity index (χ3n) is 2.98. The number of likely N-dealkylation sites (N-methyl/N-ethyl adjacent to an activating group) is 1. The molecule has 102 valence electrons. The van der Waals surface area contributed by atoms with Crippen LogP contribution in [0.1, 0.15) is 22.9 Å². The summed E-state index contributed by atoms with van der Waals surface area (Å²) in [6.45, 7) is 0. The van der Waals surface area contributed by atoms with Gasteiger partial charge in [0.2, 0.25) is 0 Å². The van der Waals surface area contributed by atoms with Crippen molar-refractivity contribution in [2.45, 2.75) is 18.6 Å². The van der Waals surface area contributed by atoms with Crippen molar-refractivity contribution < 1.29 is 17.6 Å². The van der Waals surface area contributed by atoms with E-state index in [0.717, 1.165) is 6.07 Å². The molecule has 1 aromatic heterocycles. The Morgan fingerprint density at radius 1 is 1.16 bits per heavy atom. The summed E-state index contributed by atoms with van der Waals surface area (Å²) in [6, 6.07) is 8.62. The molecular formula is C14H14F3NO. The molecule has 1 heterocycles. The second kappa shape index (κ2) is 5.48. The van der Waals surface area contributed by atoms with Crippen molar-refractivity contribution in [3.63, 3.8) is 0 Å². The minimum absolute atomic E-state index is 0.230. The van der Waals surface area contributed by atoms with Gasteiger partial charge in [0.15, 0.2) is 0 Å². The Kier molecular flexibility index (Phi) is 3.95. The Hall–Kier alpha value is -1.75. The van der Waals surface area contributed by atoms with Crippen molar-refractivity contribution >= 4 is 0 Å². The fourth-order valence-corrected chi connectivity index (χ4v) is 2.06. The van der Waals surface area contributed by atoms with Gasteiger partial charge in [-0.2, -0.15) is 13.2 Å². The van der Waals surface area contributed by atoms with Crippen LogP contribution < -0.4 is 5.32 Å². The number of hydrogen-bond donors (Lipinski definition) is 1. The van der Waals surface area contributed by atoms with Gasteiger partial charge in [-0.3, -0.25) is 0 Å². The first kappa shape index (κ1) is 13.7. The molecule has 19 heavy (non-hydrogen) atoms. The molecule has 0 saturated carbocycles. The second-order valence-corrected chi connectivity index (χ2v) is 4.21. The van der Waals surface area contributed by atoms with Crippen LogP contribution in [0.3, 0.4) is 0 Å². The molecule has 0 aliphatic rings. The number of nitrogens with one attached hydrogen (secondary N) is 1. The van der Waals surface area contributed by atoms with Crippen LogP contribution in [-0.4, -0.2) is 7.05 Å². The molecule has 0 spiro atoms. The van der Waals surface area contributed by atoms with Crippen molar-refractivity contribution in [2.75, 3.05) is 7.05 Å². The summed E-state index contributed by atoms with van der Waals surface area (Å²) in [4.78, 5) is 0. The first-order chi connectivity index (χ1) is 9.02. The van der Waals surface area contributed by atoms with Crippen LogP contribution >= 0.6 is 0 Å². The number of halogens is 3. The van der Waals surface area contributed by atoms with Crippen molar-refractivity contribution in [1.29, 1.82) is 0 Å². The van der Waals surface area contributed by atoms with Crippen molar-refractivity contribution in [1.82, 2.24) is 5.32 Å². The van der Waals surface area contributed by atoms with Crippen LogP contribution in [0.15, 0.2) is 47.1 Å². The molecule has 1 unspecified atom stereocenters. The maximum absolute atomic E-state index is 13.0. The van der Waals surface area contributed by atoms with E-state index in [9.17, 15) is 13.2 Å². The fraction of sp³-hybridized carbons (Fsp3) is 0.286. The van der Waals surface area contributed by atoms with E-state index >= 15 is 0 Å². The van der Waals surface area contributed by atoms with Gasteiger partial charge in [0, 0.05) is 12.5 Å². The lowest BCUT2D eigenvalue weighted by Gasteiger charge is -2.20. The van der Waals surface area contributed by atoms with E-state index in [1.165, 1.54) is 18.4 Å². The van der Waals surface area contributed by atoms with Gasteiger partial charge in [-0.1, -0.05) is 18.2 Å². The van der Waals surface area contributed by atoms with Crippen LogP contribution in [0.5, 0.6) is 0 Å². The molecule has 0 radical (unpaired) electrons. The van der Waals surface area contributed by atoms with Gasteiger partial charge in [0.25, 0.3) is 0 Å². The molecule has 0 fully saturated rings. The summed E-state index contributed by atoms with van der Waals surface area (Å²) in [5.74, 6) is 0.649. The second-order valence-electron chi connectivity index (χ2n) is 4.21. The molecule has 0 bridgehead atoms. The first-order valence-electron chi connectivity index (χ1n) is 5.88. The fourth-order valence-electron chi connectivity index (χ4n) is 2.06. The van der Waals surface area contributed by atoms with Crippen LogP contribution in [0.2, 0.25) is 0 Å². The van der Waals surface area contributed by atoms with Crippen LogP contribution in [-0.2, 0) is 12.6 Å². The molecule has 2 nitrogen and oxygen atoms in total. The smallest absolute Gasteiger partial charge is 0.416 e. The van der Waals surface area contributed by atoms with E-state index in [1.807, 2.05) is 0 Å². The van der Waals surface area contributed by atoms with Crippen molar-refractivity contribution in [3.8, 4) is 0 Å². The predicted molar refractivity (Wildman–Crippen MR) is 65.7 cm³/mol. The number of hydrogen-bond acceptors (Lipinski definition) is 2. The summed E-state index contributed by atoms with van der Waals surface area (Å²) in [5.41, 5.74) is -0.380. The molecule has 2 rings (SSSR count). The van der Waals surface area contributed by atoms with E-state index in [4.69, 9.17) is 4.42 Å². The van der Waals surface area contributed by atoms with Gasteiger partial charge >= 0.3 is 6.18 Å². The third-order valence-corrected chi connectivity index (χ3v) is 2.98. The zero-order valence-corrected chi connectivity index (χ0v) is 10.4. The SMILES string of the molecule is CNC(Cc1ccco1)c1ccccc1C(F)(F)F. The van der Waals surface area contributed by atoms with Crippen LogP contribution in [0.25, 0.3) is 0 Å². The number of benzene rings is 1. The average Bonchev–Trinajstić information content (AvgIpc) is 2.88. The molecular weight excluding hydrogens is 255 g/mol. The highest BCUT2D eigenvalue weighted by atomic mass is 19.4. The molecule has 0 aliphatic carbocycles. The largest absolute Gasteiger partial charge is 0.469 e. The van der Waals surface area contributed by atoms with E-state index < -0.39 is 17.8 Å². The maximum Gasteiger partial charge on any atom is 0.416 e. The van der Waals surface area contributed by atoms with Crippen LogP contribution in [0, 0.1) is 0 Å². The molecule has 2 aromatic rings. The number of rotatable bonds is 4. The quantitative estimate of drug-likeness (QED) is 0.913. The normalized spacial score (nSPS) is 13.5. The predicted octanol–water partition coefficient (Wildman–Crippen LogP) is 3.80. The summed E-state index contributed by atoms with van der Waals surface area (Å²) >= 11 is 0. The minimum atomic E-state index is -4.35. The van der Waals surface area contributed by atoms with Gasteiger partial charge in [0.05, 0.1) is 11.8 Å². The monoisotopic (exact) mass is 269 g/mol. The standard InChI is InChI=1S/C14H14F3NO/c1-18-13(9-10-5-4-8-19-10)11-6-2-3-7-12(11)14(15,16)17/h2-8,13,18H,9H2,1H3. The third kappa shape index (κ3) is 3.17. The van der Waals surface area contributed by atoms with Gasteiger partial charge in [-0.15, -0.1) is 0 Å². The lowest BCUT2D eigenvalue weighted by atomic mass is 9.97.